The van der Waals surface area contributed by atoms with Gasteiger partial charge in [-0.2, -0.15) is 13.2 Å². The highest BCUT2D eigenvalue weighted by molar-refractivity contribution is 5.77. The highest BCUT2D eigenvalue weighted by Gasteiger charge is 2.45. The van der Waals surface area contributed by atoms with Crippen molar-refractivity contribution < 1.29 is 18.0 Å². The second-order valence-electron chi connectivity index (χ2n) is 4.83. The Morgan fingerprint density at radius 3 is 2.50 bits per heavy atom. The molecule has 1 aliphatic rings. The molecule has 1 amide bonds. The number of nitrogens with one attached hydrogen (secondary N) is 1. The number of likely N-dealkylation sites (N-methyl/N-ethyl adjacent to an activating group) is 1. The van der Waals surface area contributed by atoms with E-state index in [1.807, 2.05) is 6.92 Å². The molecule has 0 bridgehead atoms. The summed E-state index contributed by atoms with van der Waals surface area (Å²) in [5.74, 6) is -1.48. The third-order valence-electron chi connectivity index (χ3n) is 3.60. The zero-order valence-electron chi connectivity index (χ0n) is 10.9. The Kier molecular flexibility index (Phi) is 5.44. The van der Waals surface area contributed by atoms with Crippen LogP contribution in [0.3, 0.4) is 0 Å². The maximum Gasteiger partial charge on any atom is 0.393 e. The molecule has 0 spiro atoms. The lowest BCUT2D eigenvalue weighted by Crippen LogP contribution is -2.48. The standard InChI is InChI=1S/C12H21F3N2O/c1-3-17(2)11(18)8-16-10-7-5-4-6-9(10)12(13,14)15/h9-10,16H,3-8H2,1-2H3. The first kappa shape index (κ1) is 15.3. The van der Waals surface area contributed by atoms with Crippen molar-refractivity contribution in [3.05, 3.63) is 0 Å². The third-order valence-corrected chi connectivity index (χ3v) is 3.60. The summed E-state index contributed by atoms with van der Waals surface area (Å²) >= 11 is 0. The van der Waals surface area contributed by atoms with Gasteiger partial charge in [0, 0.05) is 19.6 Å². The second kappa shape index (κ2) is 6.41. The van der Waals surface area contributed by atoms with Crippen LogP contribution in [0.4, 0.5) is 13.2 Å². The van der Waals surface area contributed by atoms with Gasteiger partial charge in [-0.25, -0.2) is 0 Å². The minimum atomic E-state index is -4.17. The maximum atomic E-state index is 12.8. The van der Waals surface area contributed by atoms with Gasteiger partial charge in [0.1, 0.15) is 0 Å². The molecule has 0 saturated heterocycles. The van der Waals surface area contributed by atoms with Gasteiger partial charge in [0.25, 0.3) is 0 Å². The normalized spacial score (nSPS) is 24.9. The number of alkyl halides is 3. The zero-order chi connectivity index (χ0) is 13.8. The Morgan fingerprint density at radius 2 is 1.94 bits per heavy atom. The van der Waals surface area contributed by atoms with Crippen LogP contribution in [-0.2, 0) is 4.79 Å². The number of amides is 1. The van der Waals surface area contributed by atoms with Crippen molar-refractivity contribution in [3.63, 3.8) is 0 Å². The summed E-state index contributed by atoms with van der Waals surface area (Å²) in [5, 5.41) is 2.78. The summed E-state index contributed by atoms with van der Waals surface area (Å²) in [6, 6.07) is -0.618. The summed E-state index contributed by atoms with van der Waals surface area (Å²) in [4.78, 5) is 13.1. The molecule has 6 heteroatoms. The van der Waals surface area contributed by atoms with E-state index in [9.17, 15) is 18.0 Å². The first-order valence-corrected chi connectivity index (χ1v) is 6.40. The number of nitrogens with zero attached hydrogens (tertiary/aromatic N) is 1. The molecule has 1 aliphatic carbocycles. The molecule has 0 radical (unpaired) electrons. The predicted octanol–water partition coefficient (Wildman–Crippen LogP) is 2.18. The lowest BCUT2D eigenvalue weighted by atomic mass is 9.84. The first-order valence-electron chi connectivity index (χ1n) is 6.40. The molecule has 0 heterocycles. The fourth-order valence-corrected chi connectivity index (χ4v) is 2.30. The fraction of sp³-hybridized carbons (Fsp3) is 0.917. The fourth-order valence-electron chi connectivity index (χ4n) is 2.30. The molecule has 2 atom stereocenters. The van der Waals surface area contributed by atoms with Gasteiger partial charge in [-0.1, -0.05) is 12.8 Å². The number of halogens is 3. The molecule has 1 N–H and O–H groups in total. The van der Waals surface area contributed by atoms with Crippen LogP contribution >= 0.6 is 0 Å². The van der Waals surface area contributed by atoms with Gasteiger partial charge in [0.05, 0.1) is 12.5 Å². The molecule has 18 heavy (non-hydrogen) atoms. The highest BCUT2D eigenvalue weighted by atomic mass is 19.4. The molecule has 1 fully saturated rings. The maximum absolute atomic E-state index is 12.8. The van der Waals surface area contributed by atoms with Crippen LogP contribution in [0.15, 0.2) is 0 Å². The second-order valence-corrected chi connectivity index (χ2v) is 4.83. The van der Waals surface area contributed by atoms with Gasteiger partial charge in [0.2, 0.25) is 5.91 Å². The lowest BCUT2D eigenvalue weighted by molar-refractivity contribution is -0.189. The SMILES string of the molecule is CCN(C)C(=O)CNC1CCCCC1C(F)(F)F. The Morgan fingerprint density at radius 1 is 1.33 bits per heavy atom. The molecule has 106 valence electrons. The Bertz CT molecular complexity index is 281. The molecule has 0 aromatic rings. The van der Waals surface area contributed by atoms with E-state index in [0.29, 0.717) is 19.4 Å². The van der Waals surface area contributed by atoms with Crippen molar-refractivity contribution >= 4 is 5.91 Å². The van der Waals surface area contributed by atoms with Gasteiger partial charge < -0.3 is 10.2 Å². The summed E-state index contributed by atoms with van der Waals surface area (Å²) in [7, 11) is 1.64. The number of carbonyl (C=O) groups is 1. The number of carbonyl (C=O) groups excluding carboxylic acids is 1. The van der Waals surface area contributed by atoms with Crippen molar-refractivity contribution in [3.8, 4) is 0 Å². The van der Waals surface area contributed by atoms with Crippen LogP contribution in [0, 0.1) is 5.92 Å². The van der Waals surface area contributed by atoms with Crippen molar-refractivity contribution in [1.82, 2.24) is 10.2 Å². The third kappa shape index (κ3) is 4.15. The minimum absolute atomic E-state index is 0.0123. The average molecular weight is 266 g/mol. The summed E-state index contributed by atoms with van der Waals surface area (Å²) in [5.41, 5.74) is 0. The van der Waals surface area contributed by atoms with Crippen molar-refractivity contribution in [2.24, 2.45) is 5.92 Å². The largest absolute Gasteiger partial charge is 0.393 e. The first-order chi connectivity index (χ1) is 8.36. The van der Waals surface area contributed by atoms with E-state index < -0.39 is 18.1 Å². The molecular weight excluding hydrogens is 245 g/mol. The molecule has 0 aromatic heterocycles. The Hall–Kier alpha value is -0.780. The smallest absolute Gasteiger partial charge is 0.345 e. The van der Waals surface area contributed by atoms with Crippen LogP contribution in [-0.4, -0.2) is 43.2 Å². The van der Waals surface area contributed by atoms with Crippen molar-refractivity contribution in [1.29, 1.82) is 0 Å². The topological polar surface area (TPSA) is 32.3 Å². The van der Waals surface area contributed by atoms with E-state index in [-0.39, 0.29) is 18.9 Å². The number of hydrogen-bond acceptors (Lipinski definition) is 2. The van der Waals surface area contributed by atoms with E-state index in [1.165, 1.54) is 4.90 Å². The molecule has 1 saturated carbocycles. The van der Waals surface area contributed by atoms with E-state index in [0.717, 1.165) is 6.42 Å². The van der Waals surface area contributed by atoms with Gasteiger partial charge in [-0.05, 0) is 19.8 Å². The van der Waals surface area contributed by atoms with E-state index >= 15 is 0 Å². The van der Waals surface area contributed by atoms with Crippen LogP contribution in [0.2, 0.25) is 0 Å². The summed E-state index contributed by atoms with van der Waals surface area (Å²) < 4.78 is 38.4. The molecule has 2 unspecified atom stereocenters. The quantitative estimate of drug-likeness (QED) is 0.846. The van der Waals surface area contributed by atoms with E-state index in [2.05, 4.69) is 5.32 Å². The molecule has 3 nitrogen and oxygen atoms in total. The highest BCUT2D eigenvalue weighted by Crippen LogP contribution is 2.37. The van der Waals surface area contributed by atoms with E-state index in [4.69, 9.17) is 0 Å². The minimum Gasteiger partial charge on any atom is -0.345 e. The molecule has 1 rings (SSSR count). The Balaban J connectivity index is 2.50. The Labute approximate surface area is 106 Å². The van der Waals surface area contributed by atoms with Gasteiger partial charge in [-0.15, -0.1) is 0 Å². The summed E-state index contributed by atoms with van der Waals surface area (Å²) in [6.07, 6.45) is -2.10. The van der Waals surface area contributed by atoms with Crippen LogP contribution in [0.1, 0.15) is 32.6 Å². The summed E-state index contributed by atoms with van der Waals surface area (Å²) in [6.45, 7) is 2.38. The number of hydrogen-bond donors (Lipinski definition) is 1. The van der Waals surface area contributed by atoms with Gasteiger partial charge in [0.15, 0.2) is 0 Å². The zero-order valence-corrected chi connectivity index (χ0v) is 10.9. The van der Waals surface area contributed by atoms with Crippen LogP contribution < -0.4 is 5.32 Å². The van der Waals surface area contributed by atoms with E-state index in [1.54, 1.807) is 7.05 Å². The monoisotopic (exact) mass is 266 g/mol. The molecule has 0 aromatic carbocycles. The van der Waals surface area contributed by atoms with Crippen molar-refractivity contribution in [2.45, 2.75) is 44.8 Å². The van der Waals surface area contributed by atoms with Gasteiger partial charge in [-0.3, -0.25) is 4.79 Å². The van der Waals surface area contributed by atoms with Crippen molar-refractivity contribution in [2.75, 3.05) is 20.1 Å². The molecular formula is C12H21F3N2O. The lowest BCUT2D eigenvalue weighted by Gasteiger charge is -2.33. The molecule has 0 aliphatic heterocycles. The van der Waals surface area contributed by atoms with Crippen LogP contribution in [0.5, 0.6) is 0 Å². The number of rotatable bonds is 4. The average Bonchev–Trinajstić information content (AvgIpc) is 2.34. The van der Waals surface area contributed by atoms with Gasteiger partial charge >= 0.3 is 6.18 Å². The van der Waals surface area contributed by atoms with Crippen LogP contribution in [0.25, 0.3) is 0 Å². The predicted molar refractivity (Wildman–Crippen MR) is 63.1 cm³/mol.